The number of rotatable bonds is 2. The minimum atomic E-state index is -0.697. The number of ketones is 1. The molecule has 0 aromatic heterocycles. The third-order valence-corrected chi connectivity index (χ3v) is 3.04. The van der Waals surface area contributed by atoms with E-state index in [0.717, 1.165) is 12.1 Å². The monoisotopic (exact) mass is 281 g/mol. The van der Waals surface area contributed by atoms with Crippen molar-refractivity contribution in [3.63, 3.8) is 0 Å². The molecule has 2 aromatic rings. The number of benzene rings is 2. The fourth-order valence-corrected chi connectivity index (χ4v) is 1.93. The molecule has 2 aromatic carbocycles. The lowest BCUT2D eigenvalue weighted by Gasteiger charge is -2.07. The normalized spacial score (nSPS) is 10.5. The van der Waals surface area contributed by atoms with Crippen LogP contribution < -0.4 is 5.73 Å². The van der Waals surface area contributed by atoms with E-state index in [2.05, 4.69) is 0 Å². The standard InChI is InChI=1S/C14H10ClF2NO/c1-7-4-9(11(15)6-13(7)17)14(19)10-5-8(18)2-3-12(10)16/h2-6H,18H2,1H3. The summed E-state index contributed by atoms with van der Waals surface area (Å²) in [7, 11) is 0. The Morgan fingerprint density at radius 2 is 1.79 bits per heavy atom. The second-order valence-corrected chi connectivity index (χ2v) is 4.56. The van der Waals surface area contributed by atoms with E-state index >= 15 is 0 Å². The first-order chi connectivity index (χ1) is 8.90. The molecule has 0 saturated carbocycles. The maximum absolute atomic E-state index is 13.6. The zero-order valence-electron chi connectivity index (χ0n) is 10.0. The molecular formula is C14H10ClF2NO. The zero-order valence-corrected chi connectivity index (χ0v) is 10.8. The van der Waals surface area contributed by atoms with Crippen LogP contribution in [0.1, 0.15) is 21.5 Å². The van der Waals surface area contributed by atoms with Crippen molar-refractivity contribution >= 4 is 23.1 Å². The van der Waals surface area contributed by atoms with Crippen molar-refractivity contribution in [3.8, 4) is 0 Å². The van der Waals surface area contributed by atoms with Gasteiger partial charge in [0.15, 0.2) is 5.78 Å². The van der Waals surface area contributed by atoms with Gasteiger partial charge in [0.25, 0.3) is 0 Å². The molecule has 0 spiro atoms. The summed E-state index contributed by atoms with van der Waals surface area (Å²) in [5.74, 6) is -1.84. The molecule has 98 valence electrons. The number of nitrogen functional groups attached to an aromatic ring is 1. The van der Waals surface area contributed by atoms with Crippen LogP contribution in [0.25, 0.3) is 0 Å². The third kappa shape index (κ3) is 2.58. The van der Waals surface area contributed by atoms with Gasteiger partial charge in [-0.25, -0.2) is 8.78 Å². The van der Waals surface area contributed by atoms with Crippen LogP contribution in [0.15, 0.2) is 30.3 Å². The Morgan fingerprint density at radius 3 is 2.47 bits per heavy atom. The molecule has 0 bridgehead atoms. The summed E-state index contributed by atoms with van der Waals surface area (Å²) in [5.41, 5.74) is 5.91. The van der Waals surface area contributed by atoms with E-state index in [-0.39, 0.29) is 27.4 Å². The Morgan fingerprint density at radius 1 is 1.11 bits per heavy atom. The summed E-state index contributed by atoms with van der Waals surface area (Å²) >= 11 is 5.82. The fourth-order valence-electron chi connectivity index (χ4n) is 1.69. The summed E-state index contributed by atoms with van der Waals surface area (Å²) in [4.78, 5) is 12.2. The molecule has 0 aliphatic rings. The topological polar surface area (TPSA) is 43.1 Å². The van der Waals surface area contributed by atoms with Gasteiger partial charge in [-0.3, -0.25) is 4.79 Å². The highest BCUT2D eigenvalue weighted by molar-refractivity contribution is 6.35. The second kappa shape index (κ2) is 4.97. The highest BCUT2D eigenvalue weighted by atomic mass is 35.5. The van der Waals surface area contributed by atoms with Gasteiger partial charge in [-0.1, -0.05) is 11.6 Å². The van der Waals surface area contributed by atoms with Crippen molar-refractivity contribution in [1.29, 1.82) is 0 Å². The molecule has 0 fully saturated rings. The molecule has 2 nitrogen and oxygen atoms in total. The van der Waals surface area contributed by atoms with Gasteiger partial charge < -0.3 is 5.73 Å². The molecule has 19 heavy (non-hydrogen) atoms. The predicted molar refractivity (Wildman–Crippen MR) is 70.4 cm³/mol. The first kappa shape index (κ1) is 13.5. The summed E-state index contributed by atoms with van der Waals surface area (Å²) in [5, 5.41) is -0.0603. The first-order valence-corrected chi connectivity index (χ1v) is 5.83. The molecule has 2 rings (SSSR count). The van der Waals surface area contributed by atoms with Crippen molar-refractivity contribution < 1.29 is 13.6 Å². The van der Waals surface area contributed by atoms with E-state index in [1.54, 1.807) is 0 Å². The predicted octanol–water partition coefficient (Wildman–Crippen LogP) is 3.74. The van der Waals surface area contributed by atoms with Crippen molar-refractivity contribution in [2.75, 3.05) is 5.73 Å². The number of anilines is 1. The quantitative estimate of drug-likeness (QED) is 0.673. The van der Waals surface area contributed by atoms with E-state index in [0.29, 0.717) is 0 Å². The van der Waals surface area contributed by atoms with Crippen molar-refractivity contribution in [3.05, 3.63) is 63.7 Å². The number of aryl methyl sites for hydroxylation is 1. The van der Waals surface area contributed by atoms with E-state index < -0.39 is 17.4 Å². The Bertz CT molecular complexity index is 671. The minimum absolute atomic E-state index is 0.0464. The van der Waals surface area contributed by atoms with E-state index in [1.165, 1.54) is 25.1 Å². The van der Waals surface area contributed by atoms with Gasteiger partial charge in [-0.15, -0.1) is 0 Å². The molecule has 2 N–H and O–H groups in total. The van der Waals surface area contributed by atoms with E-state index in [4.69, 9.17) is 17.3 Å². The molecule has 5 heteroatoms. The van der Waals surface area contributed by atoms with Gasteiger partial charge in [0.05, 0.1) is 10.6 Å². The molecule has 0 atom stereocenters. The van der Waals surface area contributed by atoms with Gasteiger partial charge in [0, 0.05) is 11.3 Å². The van der Waals surface area contributed by atoms with Gasteiger partial charge in [0.1, 0.15) is 11.6 Å². The number of hydrogen-bond donors (Lipinski definition) is 1. The zero-order chi connectivity index (χ0) is 14.2. The summed E-state index contributed by atoms with van der Waals surface area (Å²) in [6.07, 6.45) is 0. The number of nitrogens with two attached hydrogens (primary N) is 1. The summed E-state index contributed by atoms with van der Waals surface area (Å²) in [6.45, 7) is 1.50. The minimum Gasteiger partial charge on any atom is -0.399 e. The lowest BCUT2D eigenvalue weighted by Crippen LogP contribution is -2.07. The molecule has 0 aliphatic carbocycles. The number of hydrogen-bond acceptors (Lipinski definition) is 2. The smallest absolute Gasteiger partial charge is 0.197 e. The van der Waals surface area contributed by atoms with Crippen LogP contribution in [0, 0.1) is 18.6 Å². The lowest BCUT2D eigenvalue weighted by atomic mass is 10.0. The highest BCUT2D eigenvalue weighted by Crippen LogP contribution is 2.25. The Balaban J connectivity index is 2.56. The van der Waals surface area contributed by atoms with Crippen LogP contribution in [0.4, 0.5) is 14.5 Å². The Kier molecular flexibility index (Phi) is 3.53. The van der Waals surface area contributed by atoms with Crippen LogP contribution in [0.3, 0.4) is 0 Å². The average molecular weight is 282 g/mol. The van der Waals surface area contributed by atoms with Gasteiger partial charge >= 0.3 is 0 Å². The number of carbonyl (C=O) groups is 1. The van der Waals surface area contributed by atoms with Gasteiger partial charge in [-0.05, 0) is 42.8 Å². The summed E-state index contributed by atoms with van der Waals surface area (Å²) in [6, 6.07) is 6.01. The van der Waals surface area contributed by atoms with Crippen LogP contribution in [0.2, 0.25) is 5.02 Å². The van der Waals surface area contributed by atoms with Crippen molar-refractivity contribution in [2.24, 2.45) is 0 Å². The largest absolute Gasteiger partial charge is 0.399 e. The average Bonchev–Trinajstić information content (AvgIpc) is 2.36. The molecule has 0 amide bonds. The molecule has 0 radical (unpaired) electrons. The molecular weight excluding hydrogens is 272 g/mol. The number of halogens is 3. The lowest BCUT2D eigenvalue weighted by molar-refractivity contribution is 0.103. The van der Waals surface area contributed by atoms with E-state index in [9.17, 15) is 13.6 Å². The van der Waals surface area contributed by atoms with Gasteiger partial charge in [-0.2, -0.15) is 0 Å². The third-order valence-electron chi connectivity index (χ3n) is 2.73. The highest BCUT2D eigenvalue weighted by Gasteiger charge is 2.18. The Labute approximate surface area is 113 Å². The summed E-state index contributed by atoms with van der Waals surface area (Å²) < 4.78 is 26.9. The Hall–Kier alpha value is -1.94. The molecule has 0 saturated heterocycles. The maximum Gasteiger partial charge on any atom is 0.197 e. The number of carbonyl (C=O) groups excluding carboxylic acids is 1. The van der Waals surface area contributed by atoms with Gasteiger partial charge in [0.2, 0.25) is 0 Å². The molecule has 0 aliphatic heterocycles. The van der Waals surface area contributed by atoms with Crippen molar-refractivity contribution in [1.82, 2.24) is 0 Å². The maximum atomic E-state index is 13.6. The molecule has 0 heterocycles. The fraction of sp³-hybridized carbons (Fsp3) is 0.0714. The SMILES string of the molecule is Cc1cc(C(=O)c2cc(N)ccc2F)c(Cl)cc1F. The van der Waals surface area contributed by atoms with Crippen LogP contribution >= 0.6 is 11.6 Å². The van der Waals surface area contributed by atoms with Crippen molar-refractivity contribution in [2.45, 2.75) is 6.92 Å². The van der Waals surface area contributed by atoms with Crippen LogP contribution in [0.5, 0.6) is 0 Å². The van der Waals surface area contributed by atoms with Crippen LogP contribution in [-0.2, 0) is 0 Å². The van der Waals surface area contributed by atoms with Crippen LogP contribution in [-0.4, -0.2) is 5.78 Å². The molecule has 0 unspecified atom stereocenters. The second-order valence-electron chi connectivity index (χ2n) is 4.15. The van der Waals surface area contributed by atoms with E-state index in [1.807, 2.05) is 0 Å². The first-order valence-electron chi connectivity index (χ1n) is 5.45.